The molecule has 0 fully saturated rings. The molecule has 0 saturated heterocycles. The van der Waals surface area contributed by atoms with Gasteiger partial charge in [-0.05, 0) is 23.6 Å². The quantitative estimate of drug-likeness (QED) is 0.719. The minimum Gasteiger partial charge on any atom is -0.491 e. The number of fused-ring (bicyclic) bond motifs is 2. The van der Waals surface area contributed by atoms with E-state index < -0.39 is 6.10 Å². The maximum Gasteiger partial charge on any atom is 0.264 e. The van der Waals surface area contributed by atoms with Crippen molar-refractivity contribution >= 4 is 16.7 Å². The third-order valence-electron chi connectivity index (χ3n) is 4.21. The average Bonchev–Trinajstić information content (AvgIpc) is 2.70. The molecule has 0 saturated carbocycles. The topological polar surface area (TPSA) is 56.8 Å². The molecular formula is C21H19NO4. The Morgan fingerprint density at radius 3 is 2.69 bits per heavy atom. The second-order valence-electron chi connectivity index (χ2n) is 5.98. The SMILES string of the molecule is O=C(NCCOc1cccc2ccccc12)C1COc2ccccc2O1. The van der Waals surface area contributed by atoms with Gasteiger partial charge in [0.15, 0.2) is 11.5 Å². The molecule has 0 aliphatic carbocycles. The molecule has 0 bridgehead atoms. The molecule has 1 aliphatic heterocycles. The van der Waals surface area contributed by atoms with Crippen LogP contribution in [-0.2, 0) is 4.79 Å². The lowest BCUT2D eigenvalue weighted by molar-refractivity contribution is -0.130. The molecule has 1 unspecified atom stereocenters. The third-order valence-corrected chi connectivity index (χ3v) is 4.21. The van der Waals surface area contributed by atoms with Crippen LogP contribution in [0.1, 0.15) is 0 Å². The van der Waals surface area contributed by atoms with Gasteiger partial charge in [0.05, 0.1) is 6.54 Å². The van der Waals surface area contributed by atoms with E-state index in [1.807, 2.05) is 60.7 Å². The van der Waals surface area contributed by atoms with Crippen molar-refractivity contribution in [1.29, 1.82) is 0 Å². The Hall–Kier alpha value is -3.21. The van der Waals surface area contributed by atoms with Crippen molar-refractivity contribution < 1.29 is 19.0 Å². The monoisotopic (exact) mass is 349 g/mol. The Kier molecular flexibility index (Phi) is 4.60. The van der Waals surface area contributed by atoms with Gasteiger partial charge in [-0.25, -0.2) is 0 Å². The summed E-state index contributed by atoms with van der Waals surface area (Å²) in [5.41, 5.74) is 0. The molecule has 3 aromatic rings. The minimum absolute atomic E-state index is 0.201. The fraction of sp³-hybridized carbons (Fsp3) is 0.190. The largest absolute Gasteiger partial charge is 0.491 e. The van der Waals surface area contributed by atoms with Crippen LogP contribution in [0.4, 0.5) is 0 Å². The molecule has 3 aromatic carbocycles. The first-order valence-electron chi connectivity index (χ1n) is 8.58. The molecule has 5 nitrogen and oxygen atoms in total. The predicted octanol–water partition coefficient (Wildman–Crippen LogP) is 3.17. The maximum absolute atomic E-state index is 12.3. The summed E-state index contributed by atoms with van der Waals surface area (Å²) in [5.74, 6) is 1.85. The van der Waals surface area contributed by atoms with Crippen molar-refractivity contribution in [2.45, 2.75) is 6.10 Å². The van der Waals surface area contributed by atoms with Crippen LogP contribution >= 0.6 is 0 Å². The van der Waals surface area contributed by atoms with E-state index in [0.29, 0.717) is 24.7 Å². The summed E-state index contributed by atoms with van der Waals surface area (Å²) in [7, 11) is 0. The van der Waals surface area contributed by atoms with Crippen molar-refractivity contribution in [3.05, 3.63) is 66.7 Å². The Morgan fingerprint density at radius 1 is 1.00 bits per heavy atom. The highest BCUT2D eigenvalue weighted by Gasteiger charge is 2.26. The zero-order valence-electron chi connectivity index (χ0n) is 14.2. The lowest BCUT2D eigenvalue weighted by atomic mass is 10.1. The molecule has 1 N–H and O–H groups in total. The van der Waals surface area contributed by atoms with Crippen LogP contribution in [-0.4, -0.2) is 31.8 Å². The molecule has 0 spiro atoms. The number of carbonyl (C=O) groups excluding carboxylic acids is 1. The van der Waals surface area contributed by atoms with Crippen molar-refractivity contribution in [1.82, 2.24) is 5.32 Å². The minimum atomic E-state index is -0.651. The van der Waals surface area contributed by atoms with Gasteiger partial charge in [-0.3, -0.25) is 4.79 Å². The van der Waals surface area contributed by atoms with Crippen LogP contribution < -0.4 is 19.5 Å². The van der Waals surface area contributed by atoms with Gasteiger partial charge in [-0.1, -0.05) is 48.5 Å². The Bertz CT molecular complexity index is 919. The number of nitrogens with one attached hydrogen (secondary N) is 1. The molecule has 4 rings (SSSR count). The van der Waals surface area contributed by atoms with Gasteiger partial charge >= 0.3 is 0 Å². The summed E-state index contributed by atoms with van der Waals surface area (Å²) in [6.07, 6.45) is -0.651. The standard InChI is InChI=1S/C21H19NO4/c23-21(20-14-25-18-9-3-4-10-19(18)26-20)22-12-13-24-17-11-5-7-15-6-1-2-8-16(15)17/h1-11,20H,12-14H2,(H,22,23). The van der Waals surface area contributed by atoms with E-state index >= 15 is 0 Å². The van der Waals surface area contributed by atoms with Crippen LogP contribution in [0.3, 0.4) is 0 Å². The molecular weight excluding hydrogens is 330 g/mol. The van der Waals surface area contributed by atoms with E-state index in [2.05, 4.69) is 5.32 Å². The van der Waals surface area contributed by atoms with Crippen LogP contribution in [0.25, 0.3) is 10.8 Å². The van der Waals surface area contributed by atoms with Crippen molar-refractivity contribution in [3.63, 3.8) is 0 Å². The van der Waals surface area contributed by atoms with Gasteiger partial charge in [0.25, 0.3) is 5.91 Å². The fourth-order valence-electron chi connectivity index (χ4n) is 2.92. The number of carbonyl (C=O) groups is 1. The predicted molar refractivity (Wildman–Crippen MR) is 98.8 cm³/mol. The number of rotatable bonds is 5. The molecule has 1 atom stereocenters. The van der Waals surface area contributed by atoms with Crippen LogP contribution in [0.5, 0.6) is 17.2 Å². The lowest BCUT2D eigenvalue weighted by Crippen LogP contribution is -2.45. The van der Waals surface area contributed by atoms with E-state index in [0.717, 1.165) is 16.5 Å². The van der Waals surface area contributed by atoms with Gasteiger partial charge in [-0.2, -0.15) is 0 Å². The molecule has 1 heterocycles. The first-order valence-corrected chi connectivity index (χ1v) is 8.58. The number of hydrogen-bond acceptors (Lipinski definition) is 4. The summed E-state index contributed by atoms with van der Waals surface area (Å²) in [6.45, 7) is 0.973. The highest BCUT2D eigenvalue weighted by atomic mass is 16.6. The van der Waals surface area contributed by atoms with E-state index in [4.69, 9.17) is 14.2 Å². The highest BCUT2D eigenvalue weighted by Crippen LogP contribution is 2.30. The summed E-state index contributed by atoms with van der Waals surface area (Å²) in [4.78, 5) is 12.3. The van der Waals surface area contributed by atoms with E-state index in [1.54, 1.807) is 6.07 Å². The summed E-state index contributed by atoms with van der Waals surface area (Å²) < 4.78 is 17.1. The van der Waals surface area contributed by atoms with Crippen LogP contribution in [0, 0.1) is 0 Å². The number of para-hydroxylation sites is 2. The van der Waals surface area contributed by atoms with Gasteiger partial charge in [0.1, 0.15) is 19.0 Å². The Labute approximate surface area is 151 Å². The zero-order valence-corrected chi connectivity index (χ0v) is 14.2. The van der Waals surface area contributed by atoms with E-state index in [-0.39, 0.29) is 12.5 Å². The average molecular weight is 349 g/mol. The molecule has 1 amide bonds. The third kappa shape index (κ3) is 3.42. The second-order valence-corrected chi connectivity index (χ2v) is 5.98. The normalized spacial score (nSPS) is 15.5. The van der Waals surface area contributed by atoms with Crippen LogP contribution in [0.15, 0.2) is 66.7 Å². The maximum atomic E-state index is 12.3. The Morgan fingerprint density at radius 2 is 1.77 bits per heavy atom. The van der Waals surface area contributed by atoms with Crippen molar-refractivity contribution in [3.8, 4) is 17.2 Å². The number of amides is 1. The zero-order chi connectivity index (χ0) is 17.8. The van der Waals surface area contributed by atoms with Gasteiger partial charge in [0.2, 0.25) is 6.10 Å². The second kappa shape index (κ2) is 7.35. The number of benzene rings is 3. The van der Waals surface area contributed by atoms with Gasteiger partial charge in [0, 0.05) is 5.39 Å². The number of hydrogen-bond donors (Lipinski definition) is 1. The van der Waals surface area contributed by atoms with E-state index in [9.17, 15) is 4.79 Å². The first-order chi connectivity index (χ1) is 12.8. The summed E-state index contributed by atoms with van der Waals surface area (Å²) in [5, 5.41) is 5.02. The Balaban J connectivity index is 1.29. The molecule has 1 aliphatic rings. The first kappa shape index (κ1) is 16.3. The summed E-state index contributed by atoms with van der Waals surface area (Å²) in [6, 6.07) is 21.3. The van der Waals surface area contributed by atoms with Crippen LogP contribution in [0.2, 0.25) is 0 Å². The lowest BCUT2D eigenvalue weighted by Gasteiger charge is -2.25. The molecule has 26 heavy (non-hydrogen) atoms. The summed E-state index contributed by atoms with van der Waals surface area (Å²) >= 11 is 0. The molecule has 0 radical (unpaired) electrons. The number of ether oxygens (including phenoxy) is 3. The smallest absolute Gasteiger partial charge is 0.264 e. The van der Waals surface area contributed by atoms with Gasteiger partial charge in [-0.15, -0.1) is 0 Å². The van der Waals surface area contributed by atoms with Crippen molar-refractivity contribution in [2.75, 3.05) is 19.8 Å². The fourth-order valence-corrected chi connectivity index (χ4v) is 2.92. The molecule has 132 valence electrons. The highest BCUT2D eigenvalue weighted by molar-refractivity contribution is 5.88. The molecule has 5 heteroatoms. The molecule has 0 aromatic heterocycles. The van der Waals surface area contributed by atoms with Gasteiger partial charge < -0.3 is 19.5 Å². The van der Waals surface area contributed by atoms with Crippen molar-refractivity contribution in [2.24, 2.45) is 0 Å². The van der Waals surface area contributed by atoms with E-state index in [1.165, 1.54) is 0 Å².